The molecule has 38 heavy (non-hydrogen) atoms. The molecular formula is C28H29F4N3O3. The van der Waals surface area contributed by atoms with Crippen LogP contribution in [0.4, 0.5) is 28.9 Å². The SMILES string of the molecule is CC(C)(C)OC1=NCC(c2cccc(N(Cc3cccnc3)c3ccc(OC(F)F)c(OC(F)F)c3)c2)C1. The van der Waals surface area contributed by atoms with Gasteiger partial charge >= 0.3 is 13.2 Å². The summed E-state index contributed by atoms with van der Waals surface area (Å²) < 4.78 is 66.8. The molecule has 0 saturated carbocycles. The summed E-state index contributed by atoms with van der Waals surface area (Å²) >= 11 is 0. The lowest BCUT2D eigenvalue weighted by molar-refractivity contribution is -0.0692. The van der Waals surface area contributed by atoms with E-state index in [-0.39, 0.29) is 11.5 Å². The number of aliphatic imine (C=N–C) groups is 1. The lowest BCUT2D eigenvalue weighted by Gasteiger charge is -2.27. The van der Waals surface area contributed by atoms with Gasteiger partial charge in [0.05, 0.1) is 0 Å². The molecule has 1 unspecified atom stereocenters. The molecule has 1 atom stereocenters. The van der Waals surface area contributed by atoms with E-state index in [4.69, 9.17) is 4.74 Å². The van der Waals surface area contributed by atoms with E-state index < -0.39 is 24.7 Å². The fraction of sp³-hybridized carbons (Fsp3) is 0.357. The van der Waals surface area contributed by atoms with Crippen LogP contribution in [0.15, 0.2) is 72.0 Å². The highest BCUT2D eigenvalue weighted by molar-refractivity contribution is 5.79. The van der Waals surface area contributed by atoms with Crippen molar-refractivity contribution in [3.05, 3.63) is 78.1 Å². The quantitative estimate of drug-likeness (QED) is 0.271. The van der Waals surface area contributed by atoms with Crippen molar-refractivity contribution >= 4 is 17.3 Å². The van der Waals surface area contributed by atoms with E-state index >= 15 is 0 Å². The van der Waals surface area contributed by atoms with Gasteiger partial charge in [-0.3, -0.25) is 9.98 Å². The fourth-order valence-corrected chi connectivity index (χ4v) is 4.20. The summed E-state index contributed by atoms with van der Waals surface area (Å²) in [5.74, 6) is -0.137. The number of anilines is 2. The van der Waals surface area contributed by atoms with Crippen LogP contribution in [-0.2, 0) is 11.3 Å². The van der Waals surface area contributed by atoms with Crippen molar-refractivity contribution in [1.29, 1.82) is 0 Å². The minimum Gasteiger partial charge on any atom is -0.475 e. The van der Waals surface area contributed by atoms with Crippen molar-refractivity contribution in [1.82, 2.24) is 4.98 Å². The van der Waals surface area contributed by atoms with Crippen LogP contribution in [0.3, 0.4) is 0 Å². The van der Waals surface area contributed by atoms with E-state index in [1.165, 1.54) is 18.2 Å². The zero-order valence-electron chi connectivity index (χ0n) is 21.3. The van der Waals surface area contributed by atoms with Crippen LogP contribution in [0, 0.1) is 0 Å². The highest BCUT2D eigenvalue weighted by Gasteiger charge is 2.26. The highest BCUT2D eigenvalue weighted by Crippen LogP contribution is 2.38. The lowest BCUT2D eigenvalue weighted by Crippen LogP contribution is -2.23. The molecule has 0 saturated heterocycles. The number of halogens is 4. The van der Waals surface area contributed by atoms with Crippen LogP contribution >= 0.6 is 0 Å². The summed E-state index contributed by atoms with van der Waals surface area (Å²) in [7, 11) is 0. The summed E-state index contributed by atoms with van der Waals surface area (Å²) in [4.78, 5) is 10.6. The molecule has 2 aromatic carbocycles. The zero-order valence-corrected chi connectivity index (χ0v) is 21.3. The van der Waals surface area contributed by atoms with Gasteiger partial charge in [0.15, 0.2) is 17.4 Å². The van der Waals surface area contributed by atoms with Crippen molar-refractivity contribution in [3.63, 3.8) is 0 Å². The van der Waals surface area contributed by atoms with Gasteiger partial charge in [0.1, 0.15) is 5.60 Å². The normalized spacial score (nSPS) is 15.5. The lowest BCUT2D eigenvalue weighted by atomic mass is 9.96. The number of aromatic nitrogens is 1. The topological polar surface area (TPSA) is 56.2 Å². The van der Waals surface area contributed by atoms with E-state index in [9.17, 15) is 17.6 Å². The maximum Gasteiger partial charge on any atom is 0.387 e. The van der Waals surface area contributed by atoms with Crippen LogP contribution < -0.4 is 14.4 Å². The summed E-state index contributed by atoms with van der Waals surface area (Å²) in [6.07, 6.45) is 4.01. The van der Waals surface area contributed by atoms with Crippen LogP contribution in [0.1, 0.15) is 44.2 Å². The largest absolute Gasteiger partial charge is 0.475 e. The Hall–Kier alpha value is -3.82. The Kier molecular flexibility index (Phi) is 8.38. The number of benzene rings is 2. The molecule has 0 bridgehead atoms. The Morgan fingerprint density at radius 1 is 0.921 bits per heavy atom. The Morgan fingerprint density at radius 2 is 1.66 bits per heavy atom. The number of hydrogen-bond donors (Lipinski definition) is 0. The fourth-order valence-electron chi connectivity index (χ4n) is 4.20. The summed E-state index contributed by atoms with van der Waals surface area (Å²) in [5, 5.41) is 0. The van der Waals surface area contributed by atoms with Crippen molar-refractivity contribution in [2.24, 2.45) is 4.99 Å². The van der Waals surface area contributed by atoms with Gasteiger partial charge in [-0.15, -0.1) is 0 Å². The molecule has 2 heterocycles. The second-order valence-corrected chi connectivity index (χ2v) is 9.78. The van der Waals surface area contributed by atoms with Crippen LogP contribution in [-0.4, -0.2) is 36.3 Å². The van der Waals surface area contributed by atoms with Crippen molar-refractivity contribution in [3.8, 4) is 11.5 Å². The third-order valence-corrected chi connectivity index (χ3v) is 5.72. The van der Waals surface area contributed by atoms with Gasteiger partial charge in [0.25, 0.3) is 0 Å². The first-order valence-electron chi connectivity index (χ1n) is 12.1. The van der Waals surface area contributed by atoms with E-state index in [1.807, 2.05) is 56.0 Å². The molecule has 202 valence electrons. The van der Waals surface area contributed by atoms with Crippen LogP contribution in [0.25, 0.3) is 0 Å². The van der Waals surface area contributed by atoms with Crippen molar-refractivity contribution in [2.45, 2.75) is 58.5 Å². The molecule has 0 radical (unpaired) electrons. The average molecular weight is 532 g/mol. The maximum absolute atomic E-state index is 13.1. The molecule has 3 aromatic rings. The van der Waals surface area contributed by atoms with Crippen molar-refractivity contribution in [2.75, 3.05) is 11.4 Å². The van der Waals surface area contributed by atoms with Crippen molar-refractivity contribution < 1.29 is 31.8 Å². The van der Waals surface area contributed by atoms with Gasteiger partial charge in [0.2, 0.25) is 0 Å². The smallest absolute Gasteiger partial charge is 0.387 e. The predicted octanol–water partition coefficient (Wildman–Crippen LogP) is 7.32. The first-order chi connectivity index (χ1) is 18.1. The third-order valence-electron chi connectivity index (χ3n) is 5.72. The highest BCUT2D eigenvalue weighted by atomic mass is 19.3. The molecule has 0 aliphatic carbocycles. The minimum atomic E-state index is -3.22. The number of alkyl halides is 4. The molecule has 0 N–H and O–H groups in total. The second kappa shape index (κ2) is 11.7. The standard InChI is InChI=1S/C28H29F4N3O3/c1-28(2,3)38-25-13-20(16-34-25)19-7-4-8-21(12-19)35(17-18-6-5-11-33-15-18)22-9-10-23(36-26(29)30)24(14-22)37-27(31)32/h4-12,14-15,20,26-27H,13,16-17H2,1-3H3. The van der Waals surface area contributed by atoms with E-state index in [0.717, 1.165) is 16.8 Å². The van der Waals surface area contributed by atoms with Gasteiger partial charge in [-0.2, -0.15) is 17.6 Å². The van der Waals surface area contributed by atoms with E-state index in [0.29, 0.717) is 31.1 Å². The minimum absolute atomic E-state index is 0.118. The molecule has 4 rings (SSSR count). The van der Waals surface area contributed by atoms with Crippen LogP contribution in [0.2, 0.25) is 0 Å². The number of ether oxygens (including phenoxy) is 3. The molecule has 6 nitrogen and oxygen atoms in total. The summed E-state index contributed by atoms with van der Waals surface area (Å²) in [5.41, 5.74) is 2.77. The molecule has 0 amide bonds. The average Bonchev–Trinajstić information content (AvgIpc) is 3.31. The Balaban J connectivity index is 1.68. The monoisotopic (exact) mass is 531 g/mol. The van der Waals surface area contributed by atoms with Gasteiger partial charge in [-0.05, 0) is 62.2 Å². The number of nitrogens with zero attached hydrogens (tertiary/aromatic N) is 3. The first kappa shape index (κ1) is 27.2. The van der Waals surface area contributed by atoms with Gasteiger partial charge in [0, 0.05) is 55.3 Å². The Morgan fingerprint density at radius 3 is 2.34 bits per heavy atom. The molecule has 0 fully saturated rings. The Bertz CT molecular complexity index is 1250. The zero-order chi connectivity index (χ0) is 27.3. The number of pyridine rings is 1. The molecule has 1 aliphatic rings. The molecule has 0 spiro atoms. The van der Waals surface area contributed by atoms with E-state index in [1.54, 1.807) is 18.5 Å². The second-order valence-electron chi connectivity index (χ2n) is 9.78. The summed E-state index contributed by atoms with van der Waals surface area (Å²) in [6.45, 7) is 0.442. The van der Waals surface area contributed by atoms with Crippen LogP contribution in [0.5, 0.6) is 11.5 Å². The number of rotatable bonds is 9. The number of hydrogen-bond acceptors (Lipinski definition) is 6. The first-order valence-corrected chi connectivity index (χ1v) is 12.1. The molecule has 1 aliphatic heterocycles. The van der Waals surface area contributed by atoms with Gasteiger partial charge in [-0.25, -0.2) is 0 Å². The summed E-state index contributed by atoms with van der Waals surface area (Å²) in [6, 6.07) is 15.5. The third kappa shape index (κ3) is 7.36. The molecule has 10 heteroatoms. The Labute approximate surface area is 218 Å². The predicted molar refractivity (Wildman–Crippen MR) is 137 cm³/mol. The maximum atomic E-state index is 13.1. The van der Waals surface area contributed by atoms with Gasteiger partial charge < -0.3 is 19.1 Å². The van der Waals surface area contributed by atoms with Gasteiger partial charge in [-0.1, -0.05) is 18.2 Å². The van der Waals surface area contributed by atoms with E-state index in [2.05, 4.69) is 19.5 Å². The molecule has 1 aromatic heterocycles. The molecular weight excluding hydrogens is 502 g/mol.